The molecule has 0 spiro atoms. The molecule has 3 aliphatic rings. The normalized spacial score (nSPS) is 32.2. The predicted molar refractivity (Wildman–Crippen MR) is 85.1 cm³/mol. The molecule has 0 aliphatic carbocycles. The summed E-state index contributed by atoms with van der Waals surface area (Å²) in [6.45, 7) is 9.90. The molecule has 0 aromatic heterocycles. The summed E-state index contributed by atoms with van der Waals surface area (Å²) in [7, 11) is 0. The molecule has 2 unspecified atom stereocenters. The maximum Gasteiger partial charge on any atom is 0.239 e. The van der Waals surface area contributed by atoms with Gasteiger partial charge in [0.1, 0.15) is 0 Å². The monoisotopic (exact) mass is 293 g/mol. The summed E-state index contributed by atoms with van der Waals surface area (Å²) >= 11 is 0. The molecule has 4 heteroatoms. The fourth-order valence-corrected chi connectivity index (χ4v) is 4.37. The molecule has 1 N–H and O–H groups in total. The van der Waals surface area contributed by atoms with Crippen molar-refractivity contribution >= 4 is 5.91 Å². The Bertz CT molecular complexity index is 365. The lowest BCUT2D eigenvalue weighted by Gasteiger charge is -2.36. The molecule has 1 amide bonds. The Balaban J connectivity index is 1.61. The van der Waals surface area contributed by atoms with E-state index in [4.69, 9.17) is 0 Å². The van der Waals surface area contributed by atoms with Crippen LogP contribution >= 0.6 is 0 Å². The quantitative estimate of drug-likeness (QED) is 0.860. The van der Waals surface area contributed by atoms with Crippen LogP contribution in [0, 0.1) is 11.8 Å². The minimum absolute atomic E-state index is 0.180. The predicted octanol–water partition coefficient (Wildman–Crippen LogP) is 1.71. The molecule has 3 heterocycles. The lowest BCUT2D eigenvalue weighted by atomic mass is 9.95. The highest BCUT2D eigenvalue weighted by Crippen LogP contribution is 2.29. The van der Waals surface area contributed by atoms with Gasteiger partial charge in [0.2, 0.25) is 5.91 Å². The largest absolute Gasteiger partial charge is 0.341 e. The SMILES string of the molecule is CC(C)C1CCN(C(=O)C2CCCN2C2CCNCC2)C1. The van der Waals surface area contributed by atoms with Crippen molar-refractivity contribution in [1.82, 2.24) is 15.1 Å². The molecule has 0 aromatic carbocycles. The van der Waals surface area contributed by atoms with Crippen molar-refractivity contribution in [2.24, 2.45) is 11.8 Å². The number of rotatable bonds is 3. The summed E-state index contributed by atoms with van der Waals surface area (Å²) in [5, 5.41) is 3.43. The molecular weight excluding hydrogens is 262 g/mol. The molecule has 3 saturated heterocycles. The van der Waals surface area contributed by atoms with Gasteiger partial charge in [0.05, 0.1) is 6.04 Å². The van der Waals surface area contributed by atoms with Crippen LogP contribution in [0.25, 0.3) is 0 Å². The molecule has 0 saturated carbocycles. The van der Waals surface area contributed by atoms with Crippen molar-refractivity contribution < 1.29 is 4.79 Å². The maximum atomic E-state index is 12.9. The number of nitrogens with one attached hydrogen (secondary N) is 1. The second-order valence-electron chi connectivity index (χ2n) is 7.45. The molecule has 0 radical (unpaired) electrons. The third-order valence-electron chi connectivity index (χ3n) is 5.84. The Kier molecular flexibility index (Phi) is 4.85. The van der Waals surface area contributed by atoms with Crippen LogP contribution in [-0.4, -0.2) is 60.5 Å². The van der Waals surface area contributed by atoms with Gasteiger partial charge in [-0.05, 0) is 63.6 Å². The molecule has 4 nitrogen and oxygen atoms in total. The molecule has 2 atom stereocenters. The van der Waals surface area contributed by atoms with E-state index in [9.17, 15) is 4.79 Å². The van der Waals surface area contributed by atoms with Gasteiger partial charge in [0.25, 0.3) is 0 Å². The number of likely N-dealkylation sites (tertiary alicyclic amines) is 2. The van der Waals surface area contributed by atoms with Gasteiger partial charge in [-0.1, -0.05) is 13.8 Å². The van der Waals surface area contributed by atoms with E-state index >= 15 is 0 Å². The highest BCUT2D eigenvalue weighted by molar-refractivity contribution is 5.82. The number of carbonyl (C=O) groups is 1. The lowest BCUT2D eigenvalue weighted by Crippen LogP contribution is -2.51. The van der Waals surface area contributed by atoms with Crippen molar-refractivity contribution in [3.63, 3.8) is 0 Å². The second-order valence-corrected chi connectivity index (χ2v) is 7.45. The highest BCUT2D eigenvalue weighted by atomic mass is 16.2. The molecule has 3 fully saturated rings. The summed E-state index contributed by atoms with van der Waals surface area (Å²) < 4.78 is 0. The highest BCUT2D eigenvalue weighted by Gasteiger charge is 2.39. The second kappa shape index (κ2) is 6.66. The smallest absolute Gasteiger partial charge is 0.239 e. The molecule has 3 rings (SSSR count). The van der Waals surface area contributed by atoms with Gasteiger partial charge in [-0.15, -0.1) is 0 Å². The average molecular weight is 293 g/mol. The van der Waals surface area contributed by atoms with Gasteiger partial charge >= 0.3 is 0 Å². The van der Waals surface area contributed by atoms with Crippen molar-refractivity contribution in [3.05, 3.63) is 0 Å². The first-order chi connectivity index (χ1) is 10.2. The zero-order chi connectivity index (χ0) is 14.8. The zero-order valence-corrected chi connectivity index (χ0v) is 13.7. The lowest BCUT2D eigenvalue weighted by molar-refractivity contribution is -0.136. The van der Waals surface area contributed by atoms with Crippen LogP contribution in [0.15, 0.2) is 0 Å². The Morgan fingerprint density at radius 2 is 1.86 bits per heavy atom. The van der Waals surface area contributed by atoms with Gasteiger partial charge in [-0.25, -0.2) is 0 Å². The Morgan fingerprint density at radius 1 is 1.10 bits per heavy atom. The number of nitrogens with zero attached hydrogens (tertiary/aromatic N) is 2. The van der Waals surface area contributed by atoms with E-state index in [2.05, 4.69) is 29.0 Å². The van der Waals surface area contributed by atoms with E-state index in [0.29, 0.717) is 23.8 Å². The van der Waals surface area contributed by atoms with Crippen LogP contribution in [0.4, 0.5) is 0 Å². The zero-order valence-electron chi connectivity index (χ0n) is 13.7. The fraction of sp³-hybridized carbons (Fsp3) is 0.941. The van der Waals surface area contributed by atoms with Gasteiger partial charge < -0.3 is 10.2 Å². The van der Waals surface area contributed by atoms with Gasteiger partial charge in [-0.3, -0.25) is 9.69 Å². The number of amides is 1. The van der Waals surface area contributed by atoms with Crippen molar-refractivity contribution in [2.75, 3.05) is 32.7 Å². The van der Waals surface area contributed by atoms with E-state index in [0.717, 1.165) is 39.1 Å². The summed E-state index contributed by atoms with van der Waals surface area (Å²) in [6, 6.07) is 0.810. The molecule has 120 valence electrons. The topological polar surface area (TPSA) is 35.6 Å². The standard InChI is InChI=1S/C17H31N3O/c1-13(2)14-7-11-19(12-14)17(21)16-4-3-10-20(16)15-5-8-18-9-6-15/h13-16,18H,3-12H2,1-2H3. The first kappa shape index (κ1) is 15.3. The number of hydrogen-bond acceptors (Lipinski definition) is 3. The van der Waals surface area contributed by atoms with Crippen LogP contribution in [0.3, 0.4) is 0 Å². The van der Waals surface area contributed by atoms with Crippen LogP contribution < -0.4 is 5.32 Å². The Hall–Kier alpha value is -0.610. The van der Waals surface area contributed by atoms with E-state index < -0.39 is 0 Å². The summed E-state index contributed by atoms with van der Waals surface area (Å²) in [5.74, 6) is 1.84. The average Bonchev–Trinajstić information content (AvgIpc) is 3.17. The minimum Gasteiger partial charge on any atom is -0.341 e. The van der Waals surface area contributed by atoms with Crippen molar-refractivity contribution in [3.8, 4) is 0 Å². The molecule has 21 heavy (non-hydrogen) atoms. The van der Waals surface area contributed by atoms with Crippen molar-refractivity contribution in [1.29, 1.82) is 0 Å². The van der Waals surface area contributed by atoms with Crippen molar-refractivity contribution in [2.45, 2.75) is 58.0 Å². The third-order valence-corrected chi connectivity index (χ3v) is 5.84. The first-order valence-corrected chi connectivity index (χ1v) is 8.92. The maximum absolute atomic E-state index is 12.9. The summed E-state index contributed by atoms with van der Waals surface area (Å²) in [6.07, 6.45) is 5.88. The van der Waals surface area contributed by atoms with Gasteiger partial charge in [0.15, 0.2) is 0 Å². The number of hydrogen-bond donors (Lipinski definition) is 1. The van der Waals surface area contributed by atoms with E-state index in [1.807, 2.05) is 0 Å². The first-order valence-electron chi connectivity index (χ1n) is 8.92. The Labute approximate surface area is 129 Å². The van der Waals surface area contributed by atoms with E-state index in [-0.39, 0.29) is 6.04 Å². The minimum atomic E-state index is 0.180. The number of carbonyl (C=O) groups excluding carboxylic acids is 1. The van der Waals surface area contributed by atoms with E-state index in [1.54, 1.807) is 0 Å². The summed E-state index contributed by atoms with van der Waals surface area (Å²) in [4.78, 5) is 17.6. The van der Waals surface area contributed by atoms with Crippen LogP contribution in [0.1, 0.15) is 46.0 Å². The summed E-state index contributed by atoms with van der Waals surface area (Å²) in [5.41, 5.74) is 0. The Morgan fingerprint density at radius 3 is 2.52 bits per heavy atom. The molecule has 3 aliphatic heterocycles. The van der Waals surface area contributed by atoms with E-state index in [1.165, 1.54) is 25.7 Å². The molecule has 0 aromatic rings. The molecular formula is C17H31N3O. The van der Waals surface area contributed by atoms with Gasteiger partial charge in [0, 0.05) is 19.1 Å². The van der Waals surface area contributed by atoms with Crippen LogP contribution in [0.5, 0.6) is 0 Å². The van der Waals surface area contributed by atoms with Gasteiger partial charge in [-0.2, -0.15) is 0 Å². The van der Waals surface area contributed by atoms with Crippen LogP contribution in [0.2, 0.25) is 0 Å². The number of piperidine rings is 1. The van der Waals surface area contributed by atoms with Crippen LogP contribution in [-0.2, 0) is 4.79 Å². The fourth-order valence-electron chi connectivity index (χ4n) is 4.37. The third kappa shape index (κ3) is 3.26. The molecule has 0 bridgehead atoms.